The summed E-state index contributed by atoms with van der Waals surface area (Å²) < 4.78 is 0. The number of unbranched alkanes of at least 4 members (excludes halogenated alkanes) is 2. The third-order valence-electron chi connectivity index (χ3n) is 5.42. The lowest BCUT2D eigenvalue weighted by molar-refractivity contribution is -0.145. The van der Waals surface area contributed by atoms with Crippen molar-refractivity contribution in [2.45, 2.75) is 76.7 Å². The van der Waals surface area contributed by atoms with E-state index in [2.05, 4.69) is 10.6 Å². The molecule has 1 unspecified atom stereocenters. The zero-order chi connectivity index (χ0) is 18.8. The second kappa shape index (κ2) is 11.0. The third kappa shape index (κ3) is 7.22. The molecule has 1 heterocycles. The van der Waals surface area contributed by atoms with Crippen LogP contribution in [-0.4, -0.2) is 53.6 Å². The number of rotatable bonds is 8. The van der Waals surface area contributed by atoms with Gasteiger partial charge in [0.2, 0.25) is 5.91 Å². The Bertz CT molecular complexity index is 477. The molecule has 2 aliphatic rings. The van der Waals surface area contributed by atoms with Crippen LogP contribution in [0.1, 0.15) is 70.6 Å². The number of carbonyl (C=O) groups is 3. The van der Waals surface area contributed by atoms with E-state index in [1.54, 1.807) is 4.90 Å². The van der Waals surface area contributed by atoms with Crippen molar-refractivity contribution in [2.75, 3.05) is 19.6 Å². The molecule has 3 N–H and O–H groups in total. The summed E-state index contributed by atoms with van der Waals surface area (Å²) in [7, 11) is 0. The predicted octanol–water partition coefficient (Wildman–Crippen LogP) is 2.50. The molecule has 1 aliphatic heterocycles. The van der Waals surface area contributed by atoms with Gasteiger partial charge in [0.15, 0.2) is 0 Å². The minimum atomic E-state index is -0.805. The highest BCUT2D eigenvalue weighted by molar-refractivity contribution is 5.78. The average Bonchev–Trinajstić information content (AvgIpc) is 2.65. The molecule has 1 saturated carbocycles. The summed E-state index contributed by atoms with van der Waals surface area (Å²) in [6, 6.07) is 0.238. The van der Waals surface area contributed by atoms with Gasteiger partial charge in [0.25, 0.3) is 0 Å². The first-order valence-electron chi connectivity index (χ1n) is 10.1. The number of carboxylic acid groups (broad SMARTS) is 1. The first-order chi connectivity index (χ1) is 12.6. The number of aliphatic carboxylic acids is 1. The van der Waals surface area contributed by atoms with Crippen LogP contribution in [-0.2, 0) is 9.59 Å². The molecule has 2 fully saturated rings. The van der Waals surface area contributed by atoms with Gasteiger partial charge < -0.3 is 20.6 Å². The number of hydrogen-bond donors (Lipinski definition) is 3. The fraction of sp³-hybridized carbons (Fsp3) is 0.842. The van der Waals surface area contributed by atoms with E-state index >= 15 is 0 Å². The van der Waals surface area contributed by atoms with Crippen LogP contribution in [0.15, 0.2) is 0 Å². The van der Waals surface area contributed by atoms with Crippen molar-refractivity contribution in [3.63, 3.8) is 0 Å². The summed E-state index contributed by atoms with van der Waals surface area (Å²) >= 11 is 0. The van der Waals surface area contributed by atoms with E-state index in [0.717, 1.165) is 38.5 Å². The number of nitrogens with one attached hydrogen (secondary N) is 2. The Hall–Kier alpha value is -1.79. The highest BCUT2D eigenvalue weighted by Crippen LogP contribution is 2.18. The number of urea groups is 1. The van der Waals surface area contributed by atoms with Gasteiger partial charge in [-0.05, 0) is 38.5 Å². The molecule has 0 aromatic carbocycles. The Morgan fingerprint density at radius 1 is 0.962 bits per heavy atom. The summed E-state index contributed by atoms with van der Waals surface area (Å²) in [5.41, 5.74) is 0. The number of likely N-dealkylation sites (tertiary alicyclic amines) is 1. The summed E-state index contributed by atoms with van der Waals surface area (Å²) in [5, 5.41) is 15.0. The Morgan fingerprint density at radius 2 is 1.73 bits per heavy atom. The minimum absolute atomic E-state index is 0.0546. The summed E-state index contributed by atoms with van der Waals surface area (Å²) in [5.74, 6) is -1.17. The molecule has 26 heavy (non-hydrogen) atoms. The Labute approximate surface area is 155 Å². The topological polar surface area (TPSA) is 98.7 Å². The zero-order valence-corrected chi connectivity index (χ0v) is 15.7. The molecule has 1 aliphatic carbocycles. The lowest BCUT2D eigenvalue weighted by Crippen LogP contribution is -2.43. The second-order valence-electron chi connectivity index (χ2n) is 7.56. The Morgan fingerprint density at radius 3 is 2.46 bits per heavy atom. The smallest absolute Gasteiger partial charge is 0.315 e. The molecule has 2 rings (SSSR count). The van der Waals surface area contributed by atoms with Crippen molar-refractivity contribution < 1.29 is 19.5 Å². The third-order valence-corrected chi connectivity index (χ3v) is 5.42. The van der Waals surface area contributed by atoms with Crippen LogP contribution in [0.4, 0.5) is 4.79 Å². The van der Waals surface area contributed by atoms with E-state index < -0.39 is 11.9 Å². The zero-order valence-electron chi connectivity index (χ0n) is 15.7. The highest BCUT2D eigenvalue weighted by atomic mass is 16.4. The van der Waals surface area contributed by atoms with Crippen molar-refractivity contribution >= 4 is 17.9 Å². The summed E-state index contributed by atoms with van der Waals surface area (Å²) in [6.07, 6.45) is 10.2. The largest absolute Gasteiger partial charge is 0.481 e. The maximum Gasteiger partial charge on any atom is 0.315 e. The highest BCUT2D eigenvalue weighted by Gasteiger charge is 2.27. The molecule has 7 heteroatoms. The van der Waals surface area contributed by atoms with Crippen molar-refractivity contribution in [3.05, 3.63) is 0 Å². The van der Waals surface area contributed by atoms with Gasteiger partial charge in [-0.3, -0.25) is 9.59 Å². The van der Waals surface area contributed by atoms with Gasteiger partial charge in [-0.2, -0.15) is 0 Å². The molecule has 0 aromatic heterocycles. The number of nitrogens with zero attached hydrogens (tertiary/aromatic N) is 1. The number of carboxylic acids is 1. The van der Waals surface area contributed by atoms with Gasteiger partial charge in [-0.15, -0.1) is 0 Å². The Balaban J connectivity index is 1.50. The van der Waals surface area contributed by atoms with Crippen LogP contribution < -0.4 is 10.6 Å². The van der Waals surface area contributed by atoms with Gasteiger partial charge in [0.1, 0.15) is 0 Å². The molecule has 3 amide bonds. The van der Waals surface area contributed by atoms with Gasteiger partial charge in [0, 0.05) is 32.1 Å². The normalized spacial score (nSPS) is 21.2. The monoisotopic (exact) mass is 367 g/mol. The number of hydrogen-bond acceptors (Lipinski definition) is 3. The van der Waals surface area contributed by atoms with Gasteiger partial charge in [-0.1, -0.05) is 25.7 Å². The lowest BCUT2D eigenvalue weighted by atomic mass is 9.96. The van der Waals surface area contributed by atoms with Crippen LogP contribution >= 0.6 is 0 Å². The lowest BCUT2D eigenvalue weighted by Gasteiger charge is -2.30. The van der Waals surface area contributed by atoms with E-state index in [4.69, 9.17) is 5.11 Å². The van der Waals surface area contributed by atoms with Crippen LogP contribution in [0, 0.1) is 5.92 Å². The van der Waals surface area contributed by atoms with E-state index in [1.165, 1.54) is 19.3 Å². The standard InChI is InChI=1S/C19H33N3O4/c23-17(22-13-7-8-15(14-22)18(24)25)11-5-2-6-12-20-19(26)21-16-9-3-1-4-10-16/h15-16H,1-14H2,(H,24,25)(H2,20,21,26). The number of amides is 3. The predicted molar refractivity (Wildman–Crippen MR) is 98.8 cm³/mol. The van der Waals surface area contributed by atoms with Crippen LogP contribution in [0.25, 0.3) is 0 Å². The first-order valence-corrected chi connectivity index (χ1v) is 10.1. The van der Waals surface area contributed by atoms with Crippen molar-refractivity contribution in [3.8, 4) is 0 Å². The Kier molecular flexibility index (Phi) is 8.71. The quantitative estimate of drug-likeness (QED) is 0.574. The molecule has 0 bridgehead atoms. The molecule has 1 saturated heterocycles. The van der Waals surface area contributed by atoms with Crippen LogP contribution in [0.5, 0.6) is 0 Å². The van der Waals surface area contributed by atoms with Gasteiger partial charge in [-0.25, -0.2) is 4.79 Å². The molecular weight excluding hydrogens is 334 g/mol. The molecule has 148 valence electrons. The maximum absolute atomic E-state index is 12.2. The van der Waals surface area contributed by atoms with E-state index in [-0.39, 0.29) is 11.9 Å². The summed E-state index contributed by atoms with van der Waals surface area (Å²) in [4.78, 5) is 36.7. The number of piperidine rings is 1. The second-order valence-corrected chi connectivity index (χ2v) is 7.56. The molecule has 0 spiro atoms. The fourth-order valence-corrected chi connectivity index (χ4v) is 3.83. The minimum Gasteiger partial charge on any atom is -0.481 e. The van der Waals surface area contributed by atoms with Gasteiger partial charge in [0.05, 0.1) is 5.92 Å². The molecular formula is C19H33N3O4. The maximum atomic E-state index is 12.2. The van der Waals surface area contributed by atoms with E-state index in [0.29, 0.717) is 38.5 Å². The van der Waals surface area contributed by atoms with Crippen molar-refractivity contribution in [2.24, 2.45) is 5.92 Å². The van der Waals surface area contributed by atoms with Crippen molar-refractivity contribution in [1.29, 1.82) is 0 Å². The molecule has 7 nitrogen and oxygen atoms in total. The molecule has 1 atom stereocenters. The molecule has 0 radical (unpaired) electrons. The fourth-order valence-electron chi connectivity index (χ4n) is 3.83. The number of carbonyl (C=O) groups excluding carboxylic acids is 2. The molecule has 0 aromatic rings. The first kappa shape index (κ1) is 20.5. The van der Waals surface area contributed by atoms with Crippen molar-refractivity contribution in [1.82, 2.24) is 15.5 Å². The van der Waals surface area contributed by atoms with E-state index in [1.807, 2.05) is 0 Å². The average molecular weight is 367 g/mol. The van der Waals surface area contributed by atoms with Crippen LogP contribution in [0.2, 0.25) is 0 Å². The SMILES string of the molecule is O=C(NCCCCCC(=O)N1CCCC(C(=O)O)C1)NC1CCCCC1. The summed E-state index contributed by atoms with van der Waals surface area (Å²) in [6.45, 7) is 1.64. The van der Waals surface area contributed by atoms with Crippen LogP contribution in [0.3, 0.4) is 0 Å². The van der Waals surface area contributed by atoms with E-state index in [9.17, 15) is 14.4 Å². The van der Waals surface area contributed by atoms with Gasteiger partial charge >= 0.3 is 12.0 Å².